The van der Waals surface area contributed by atoms with E-state index in [-0.39, 0.29) is 11.4 Å². The summed E-state index contributed by atoms with van der Waals surface area (Å²) in [5, 5.41) is 2.69. The normalized spacial score (nSPS) is 17.8. The fourth-order valence-corrected chi connectivity index (χ4v) is 5.24. The van der Waals surface area contributed by atoms with Crippen molar-refractivity contribution in [2.45, 2.75) is 41.4 Å². The van der Waals surface area contributed by atoms with E-state index in [2.05, 4.69) is 5.32 Å². The van der Waals surface area contributed by atoms with E-state index < -0.39 is 27.7 Å². The van der Waals surface area contributed by atoms with E-state index in [1.54, 1.807) is 12.1 Å². The van der Waals surface area contributed by atoms with Gasteiger partial charge in [-0.2, -0.15) is 13.1 Å². The molecule has 0 spiro atoms. The maximum Gasteiger partial charge on any atom is 0.288 e. The van der Waals surface area contributed by atoms with Gasteiger partial charge >= 0.3 is 0 Å². The Bertz CT molecular complexity index is 933. The van der Waals surface area contributed by atoms with Crippen molar-refractivity contribution in [3.8, 4) is 0 Å². The van der Waals surface area contributed by atoms with Crippen LogP contribution in [0.4, 0.5) is 14.5 Å². The number of thioether (sulfide) groups is 1. The molecule has 1 atom stereocenters. The quantitative estimate of drug-likeness (QED) is 0.707. The van der Waals surface area contributed by atoms with Crippen molar-refractivity contribution >= 4 is 33.4 Å². The number of amides is 1. The van der Waals surface area contributed by atoms with E-state index in [9.17, 15) is 22.0 Å². The number of carbonyl (C=O) groups is 1. The first kappa shape index (κ1) is 20.8. The monoisotopic (exact) mass is 426 g/mol. The first-order chi connectivity index (χ1) is 13.3. The van der Waals surface area contributed by atoms with Gasteiger partial charge in [-0.1, -0.05) is 29.5 Å². The topological polar surface area (TPSA) is 66.5 Å². The van der Waals surface area contributed by atoms with Gasteiger partial charge in [-0.05, 0) is 56.2 Å². The predicted molar refractivity (Wildman–Crippen MR) is 105 cm³/mol. The molecule has 0 bridgehead atoms. The lowest BCUT2D eigenvalue weighted by Crippen LogP contribution is -2.43. The van der Waals surface area contributed by atoms with Gasteiger partial charge in [0, 0.05) is 17.1 Å². The summed E-state index contributed by atoms with van der Waals surface area (Å²) in [4.78, 5) is 13.2. The van der Waals surface area contributed by atoms with Crippen molar-refractivity contribution in [2.75, 3.05) is 11.9 Å². The third-order valence-corrected chi connectivity index (χ3v) is 7.13. The molecule has 1 heterocycles. The number of aryl methyl sites for hydroxylation is 1. The number of alkyl halides is 2. The van der Waals surface area contributed by atoms with Gasteiger partial charge in [0.2, 0.25) is 15.9 Å². The highest BCUT2D eigenvalue weighted by atomic mass is 32.2. The van der Waals surface area contributed by atoms with E-state index in [4.69, 9.17) is 0 Å². The lowest BCUT2D eigenvalue weighted by Gasteiger charge is -2.23. The van der Waals surface area contributed by atoms with Crippen LogP contribution < -0.4 is 5.32 Å². The average molecular weight is 427 g/mol. The van der Waals surface area contributed by atoms with Crippen molar-refractivity contribution in [3.63, 3.8) is 0 Å². The number of sulfonamides is 1. The van der Waals surface area contributed by atoms with Crippen molar-refractivity contribution in [2.24, 2.45) is 0 Å². The zero-order chi connectivity index (χ0) is 20.3. The summed E-state index contributed by atoms with van der Waals surface area (Å²) in [7, 11) is -3.78. The zero-order valence-electron chi connectivity index (χ0n) is 15.1. The number of rotatable bonds is 6. The van der Waals surface area contributed by atoms with E-state index >= 15 is 0 Å². The van der Waals surface area contributed by atoms with Gasteiger partial charge in [0.1, 0.15) is 6.04 Å². The van der Waals surface area contributed by atoms with Crippen molar-refractivity contribution in [1.29, 1.82) is 0 Å². The van der Waals surface area contributed by atoms with Gasteiger partial charge in [-0.15, -0.1) is 0 Å². The summed E-state index contributed by atoms with van der Waals surface area (Å²) in [6.45, 7) is 2.14. The average Bonchev–Trinajstić information content (AvgIpc) is 3.14. The molecule has 1 aliphatic heterocycles. The van der Waals surface area contributed by atoms with Crippen LogP contribution in [0.15, 0.2) is 58.3 Å². The van der Waals surface area contributed by atoms with Gasteiger partial charge in [-0.25, -0.2) is 8.42 Å². The Morgan fingerprint density at radius 2 is 1.79 bits per heavy atom. The third-order valence-electron chi connectivity index (χ3n) is 4.48. The number of halogens is 2. The molecule has 1 saturated heterocycles. The highest BCUT2D eigenvalue weighted by Crippen LogP contribution is 2.29. The standard InChI is InChI=1S/C19H20F2N2O3S2/c1-13-4-10-16(11-5-13)28(25,26)23-12-2-3-17(23)18(24)22-14-6-8-15(9-7-14)27-19(20)21/h4-11,17,19H,2-3,12H2,1H3,(H,22,24)/t17-/m0/s1. The van der Waals surface area contributed by atoms with Gasteiger partial charge in [0.25, 0.3) is 5.76 Å². The van der Waals surface area contributed by atoms with Crippen LogP contribution in [0.5, 0.6) is 0 Å². The van der Waals surface area contributed by atoms with Crippen molar-refractivity contribution in [1.82, 2.24) is 4.31 Å². The van der Waals surface area contributed by atoms with Crippen LogP contribution in [-0.2, 0) is 14.8 Å². The van der Waals surface area contributed by atoms with E-state index in [0.717, 1.165) is 5.56 Å². The highest BCUT2D eigenvalue weighted by molar-refractivity contribution is 7.99. The highest BCUT2D eigenvalue weighted by Gasteiger charge is 2.39. The Kier molecular flexibility index (Phi) is 6.36. The van der Waals surface area contributed by atoms with E-state index in [1.807, 2.05) is 6.92 Å². The lowest BCUT2D eigenvalue weighted by molar-refractivity contribution is -0.119. The minimum Gasteiger partial charge on any atom is -0.325 e. The number of hydrogen-bond donors (Lipinski definition) is 1. The molecular formula is C19H20F2N2O3S2. The summed E-state index contributed by atoms with van der Waals surface area (Å²) < 4.78 is 51.9. The molecule has 150 valence electrons. The largest absolute Gasteiger partial charge is 0.325 e. The molecule has 2 aromatic carbocycles. The summed E-state index contributed by atoms with van der Waals surface area (Å²) in [5.74, 6) is -2.94. The van der Waals surface area contributed by atoms with Gasteiger partial charge in [0.15, 0.2) is 0 Å². The van der Waals surface area contributed by atoms with Crippen LogP contribution in [0.3, 0.4) is 0 Å². The molecule has 28 heavy (non-hydrogen) atoms. The Morgan fingerprint density at radius 1 is 1.14 bits per heavy atom. The van der Waals surface area contributed by atoms with Crippen LogP contribution in [-0.4, -0.2) is 37.0 Å². The Hall–Kier alpha value is -1.97. The molecule has 0 unspecified atom stereocenters. The number of hydrogen-bond acceptors (Lipinski definition) is 4. The summed E-state index contributed by atoms with van der Waals surface area (Å²) in [6, 6.07) is 11.7. The fraction of sp³-hybridized carbons (Fsp3) is 0.316. The molecule has 1 amide bonds. The van der Waals surface area contributed by atoms with Gasteiger partial charge in [0.05, 0.1) is 4.90 Å². The summed E-state index contributed by atoms with van der Waals surface area (Å²) in [5.41, 5.74) is 1.38. The molecule has 1 N–H and O–H groups in total. The number of benzene rings is 2. The second-order valence-electron chi connectivity index (χ2n) is 6.48. The fourth-order valence-electron chi connectivity index (χ4n) is 3.08. The van der Waals surface area contributed by atoms with E-state index in [0.29, 0.717) is 35.2 Å². The second-order valence-corrected chi connectivity index (χ2v) is 9.43. The Labute approximate surface area is 167 Å². The Morgan fingerprint density at radius 3 is 2.39 bits per heavy atom. The molecule has 9 heteroatoms. The lowest BCUT2D eigenvalue weighted by atomic mass is 10.2. The molecule has 1 fully saturated rings. The van der Waals surface area contributed by atoms with Gasteiger partial charge < -0.3 is 5.32 Å². The van der Waals surface area contributed by atoms with Crippen LogP contribution in [0.2, 0.25) is 0 Å². The molecule has 1 aliphatic rings. The van der Waals surface area contributed by atoms with Crippen molar-refractivity contribution in [3.05, 3.63) is 54.1 Å². The number of nitrogens with one attached hydrogen (secondary N) is 1. The molecule has 0 aromatic heterocycles. The molecule has 0 aliphatic carbocycles. The van der Waals surface area contributed by atoms with Crippen LogP contribution in [0, 0.1) is 6.92 Å². The SMILES string of the molecule is Cc1ccc(S(=O)(=O)N2CCC[C@H]2C(=O)Nc2ccc(SC(F)F)cc2)cc1. The summed E-state index contributed by atoms with van der Waals surface area (Å²) >= 11 is 0.420. The third kappa shape index (κ3) is 4.71. The molecular weight excluding hydrogens is 406 g/mol. The second kappa shape index (κ2) is 8.59. The number of anilines is 1. The minimum atomic E-state index is -3.78. The first-order valence-electron chi connectivity index (χ1n) is 8.71. The molecule has 0 radical (unpaired) electrons. The molecule has 5 nitrogen and oxygen atoms in total. The summed E-state index contributed by atoms with van der Waals surface area (Å²) in [6.07, 6.45) is 1.02. The Balaban J connectivity index is 1.73. The number of carbonyl (C=O) groups excluding carboxylic acids is 1. The smallest absolute Gasteiger partial charge is 0.288 e. The van der Waals surface area contributed by atoms with Crippen LogP contribution in [0.25, 0.3) is 0 Å². The molecule has 2 aromatic rings. The zero-order valence-corrected chi connectivity index (χ0v) is 16.8. The predicted octanol–water partition coefficient (Wildman–Crippen LogP) is 4.10. The maximum absolute atomic E-state index is 12.9. The first-order valence-corrected chi connectivity index (χ1v) is 11.0. The van der Waals surface area contributed by atoms with Gasteiger partial charge in [-0.3, -0.25) is 4.79 Å². The van der Waals surface area contributed by atoms with Crippen molar-refractivity contribution < 1.29 is 22.0 Å². The number of nitrogens with zero attached hydrogens (tertiary/aromatic N) is 1. The minimum absolute atomic E-state index is 0.158. The van der Waals surface area contributed by atoms with Crippen LogP contribution in [0.1, 0.15) is 18.4 Å². The maximum atomic E-state index is 12.9. The molecule has 0 saturated carbocycles. The molecule has 3 rings (SSSR count). The van der Waals surface area contributed by atoms with E-state index in [1.165, 1.54) is 40.7 Å². The van der Waals surface area contributed by atoms with Crippen LogP contribution >= 0.6 is 11.8 Å².